The number of carboxylic acid groups (broad SMARTS) is 1. The number of amides is 1. The molecule has 2 rings (SSSR count). The minimum Gasteiger partial charge on any atom is -0.479 e. The van der Waals surface area contributed by atoms with E-state index in [0.717, 1.165) is 4.47 Å². The second kappa shape index (κ2) is 3.54. The van der Waals surface area contributed by atoms with Gasteiger partial charge in [-0.25, -0.2) is 9.79 Å². The molecule has 0 saturated heterocycles. The Labute approximate surface area is 92.3 Å². The van der Waals surface area contributed by atoms with E-state index >= 15 is 0 Å². The molecule has 0 radical (unpaired) electrons. The van der Waals surface area contributed by atoms with Crippen LogP contribution in [0.2, 0.25) is 0 Å². The van der Waals surface area contributed by atoms with Crippen molar-refractivity contribution in [3.63, 3.8) is 0 Å². The molecule has 0 bridgehead atoms. The number of fused-ring (bicyclic) bond motifs is 1. The quantitative estimate of drug-likeness (QED) is 0.710. The van der Waals surface area contributed by atoms with Crippen molar-refractivity contribution >= 4 is 27.8 Å². The number of aliphatic carboxylic acids is 1. The SMILES string of the molecule is O=C(O)C1N=c2cc(Br)ccc2=NC1=O. The van der Waals surface area contributed by atoms with Crippen LogP contribution in [0.15, 0.2) is 32.7 Å². The van der Waals surface area contributed by atoms with Gasteiger partial charge < -0.3 is 5.11 Å². The highest BCUT2D eigenvalue weighted by molar-refractivity contribution is 9.10. The zero-order valence-corrected chi connectivity index (χ0v) is 8.93. The fourth-order valence-corrected chi connectivity index (χ4v) is 1.58. The molecule has 1 aliphatic heterocycles. The summed E-state index contributed by atoms with van der Waals surface area (Å²) in [6.45, 7) is 0. The topological polar surface area (TPSA) is 79.1 Å². The van der Waals surface area contributed by atoms with Gasteiger partial charge in [0.2, 0.25) is 6.04 Å². The fraction of sp³-hybridized carbons (Fsp3) is 0.111. The number of halogens is 1. The second-order valence-electron chi connectivity index (χ2n) is 2.95. The van der Waals surface area contributed by atoms with Crippen molar-refractivity contribution < 1.29 is 14.7 Å². The number of hydrogen-bond donors (Lipinski definition) is 1. The van der Waals surface area contributed by atoms with Crippen molar-refractivity contribution in [2.45, 2.75) is 6.04 Å². The summed E-state index contributed by atoms with van der Waals surface area (Å²) in [6, 6.07) is 3.54. The Balaban J connectivity index is 2.69. The van der Waals surface area contributed by atoms with E-state index in [1.165, 1.54) is 0 Å². The third kappa shape index (κ3) is 1.80. The van der Waals surface area contributed by atoms with Gasteiger partial charge in [0.15, 0.2) is 0 Å². The van der Waals surface area contributed by atoms with E-state index in [2.05, 4.69) is 25.9 Å². The molecule has 1 aliphatic rings. The first-order valence-corrected chi connectivity index (χ1v) is 4.86. The van der Waals surface area contributed by atoms with Crippen molar-refractivity contribution in [2.75, 3.05) is 0 Å². The number of benzene rings is 1. The van der Waals surface area contributed by atoms with E-state index < -0.39 is 17.9 Å². The molecule has 1 aromatic rings. The summed E-state index contributed by atoms with van der Waals surface area (Å²) in [5.74, 6) is -2.02. The summed E-state index contributed by atoms with van der Waals surface area (Å²) in [5.41, 5.74) is 0. The molecule has 76 valence electrons. The Hall–Kier alpha value is -1.56. The van der Waals surface area contributed by atoms with Gasteiger partial charge in [-0.3, -0.25) is 9.79 Å². The zero-order valence-electron chi connectivity index (χ0n) is 7.35. The Morgan fingerprint density at radius 3 is 2.80 bits per heavy atom. The monoisotopic (exact) mass is 268 g/mol. The first-order valence-electron chi connectivity index (χ1n) is 4.07. The zero-order chi connectivity index (χ0) is 11.0. The molecule has 15 heavy (non-hydrogen) atoms. The lowest BCUT2D eigenvalue weighted by Gasteiger charge is -2.06. The van der Waals surface area contributed by atoms with Crippen LogP contribution in [-0.2, 0) is 9.59 Å². The molecule has 0 spiro atoms. The number of carbonyl (C=O) groups excluding carboxylic acids is 1. The maximum atomic E-state index is 11.2. The summed E-state index contributed by atoms with van der Waals surface area (Å²) in [6.07, 6.45) is 0. The lowest BCUT2D eigenvalue weighted by Crippen LogP contribution is -2.40. The maximum absolute atomic E-state index is 11.2. The Kier molecular flexibility index (Phi) is 2.36. The van der Waals surface area contributed by atoms with Gasteiger partial charge in [0.25, 0.3) is 5.91 Å². The van der Waals surface area contributed by atoms with Crippen LogP contribution in [0.3, 0.4) is 0 Å². The van der Waals surface area contributed by atoms with E-state index in [1.54, 1.807) is 18.2 Å². The van der Waals surface area contributed by atoms with E-state index in [1.807, 2.05) is 0 Å². The van der Waals surface area contributed by atoms with Gasteiger partial charge in [-0.05, 0) is 18.2 Å². The Morgan fingerprint density at radius 2 is 2.13 bits per heavy atom. The molecule has 0 saturated carbocycles. The molecule has 1 amide bonds. The average Bonchev–Trinajstić information content (AvgIpc) is 2.17. The largest absolute Gasteiger partial charge is 0.479 e. The fourth-order valence-electron chi connectivity index (χ4n) is 1.23. The predicted molar refractivity (Wildman–Crippen MR) is 52.9 cm³/mol. The molecule has 0 aromatic heterocycles. The van der Waals surface area contributed by atoms with Crippen LogP contribution >= 0.6 is 15.9 Å². The van der Waals surface area contributed by atoms with Gasteiger partial charge in [0.05, 0.1) is 10.7 Å². The summed E-state index contributed by atoms with van der Waals surface area (Å²) >= 11 is 3.23. The highest BCUT2D eigenvalue weighted by Crippen LogP contribution is 2.03. The number of nitrogens with zero attached hydrogens (tertiary/aromatic N) is 2. The van der Waals surface area contributed by atoms with Crippen molar-refractivity contribution in [3.05, 3.63) is 33.4 Å². The van der Waals surface area contributed by atoms with E-state index in [0.29, 0.717) is 10.7 Å². The molecule has 5 nitrogen and oxygen atoms in total. The van der Waals surface area contributed by atoms with Crippen LogP contribution in [0.4, 0.5) is 0 Å². The molecule has 6 heteroatoms. The molecule has 1 unspecified atom stereocenters. The first-order chi connectivity index (χ1) is 7.08. The van der Waals surface area contributed by atoms with Gasteiger partial charge in [0, 0.05) is 4.47 Å². The lowest BCUT2D eigenvalue weighted by molar-refractivity contribution is -0.142. The summed E-state index contributed by atoms with van der Waals surface area (Å²) in [4.78, 5) is 29.4. The van der Waals surface area contributed by atoms with Crippen molar-refractivity contribution in [3.8, 4) is 0 Å². The van der Waals surface area contributed by atoms with Crippen LogP contribution in [-0.4, -0.2) is 23.0 Å². The van der Waals surface area contributed by atoms with E-state index in [4.69, 9.17) is 5.11 Å². The number of carbonyl (C=O) groups is 2. The molecular formula is C9H5BrN2O3. The van der Waals surface area contributed by atoms with Gasteiger partial charge in [-0.1, -0.05) is 15.9 Å². The third-order valence-electron chi connectivity index (χ3n) is 1.90. The highest BCUT2D eigenvalue weighted by atomic mass is 79.9. The van der Waals surface area contributed by atoms with Crippen LogP contribution in [0, 0.1) is 0 Å². The Bertz CT molecular complexity index is 567. The van der Waals surface area contributed by atoms with Crippen molar-refractivity contribution in [1.82, 2.24) is 0 Å². The van der Waals surface area contributed by atoms with Gasteiger partial charge in [-0.2, -0.15) is 0 Å². The molecule has 1 aromatic carbocycles. The highest BCUT2D eigenvalue weighted by Gasteiger charge is 2.26. The second-order valence-corrected chi connectivity index (χ2v) is 3.87. The van der Waals surface area contributed by atoms with Crippen molar-refractivity contribution in [1.29, 1.82) is 0 Å². The standard InChI is InChI=1S/C9H5BrN2O3/c10-4-1-2-5-6(3-4)11-7(9(14)15)8(13)12-5/h1-3,7H,(H,14,15). The van der Waals surface area contributed by atoms with Crippen molar-refractivity contribution in [2.24, 2.45) is 9.98 Å². The molecule has 0 fully saturated rings. The normalized spacial score (nSPS) is 18.7. The minimum atomic E-state index is -1.41. The summed E-state index contributed by atoms with van der Waals surface area (Å²) in [5, 5.41) is 9.53. The van der Waals surface area contributed by atoms with Gasteiger partial charge in [0.1, 0.15) is 0 Å². The third-order valence-corrected chi connectivity index (χ3v) is 2.40. The number of carboxylic acids is 1. The molecule has 1 heterocycles. The Morgan fingerprint density at radius 1 is 1.40 bits per heavy atom. The van der Waals surface area contributed by atoms with E-state index in [9.17, 15) is 9.59 Å². The maximum Gasteiger partial charge on any atom is 0.338 e. The van der Waals surface area contributed by atoms with Gasteiger partial charge >= 0.3 is 5.97 Å². The smallest absolute Gasteiger partial charge is 0.338 e. The number of hydrogen-bond acceptors (Lipinski definition) is 3. The lowest BCUT2D eigenvalue weighted by atomic mass is 10.2. The van der Waals surface area contributed by atoms with Crippen LogP contribution in [0.5, 0.6) is 0 Å². The first kappa shape index (κ1) is 9.97. The molecular weight excluding hydrogens is 264 g/mol. The number of rotatable bonds is 1. The van der Waals surface area contributed by atoms with Crippen LogP contribution < -0.4 is 10.7 Å². The average molecular weight is 269 g/mol. The van der Waals surface area contributed by atoms with E-state index in [-0.39, 0.29) is 0 Å². The molecule has 0 aliphatic carbocycles. The minimum absolute atomic E-state index is 0.403. The summed E-state index contributed by atoms with van der Waals surface area (Å²) in [7, 11) is 0. The van der Waals surface area contributed by atoms with Gasteiger partial charge in [-0.15, -0.1) is 0 Å². The predicted octanol–water partition coefficient (Wildman–Crippen LogP) is -0.318. The summed E-state index contributed by atoms with van der Waals surface area (Å²) < 4.78 is 0.763. The molecule has 1 N–H and O–H groups in total. The molecule has 1 atom stereocenters. The van der Waals surface area contributed by atoms with Crippen LogP contribution in [0.1, 0.15) is 0 Å². The van der Waals surface area contributed by atoms with Crippen LogP contribution in [0.25, 0.3) is 0 Å².